The van der Waals surface area contributed by atoms with E-state index in [1.165, 1.54) is 6.33 Å². The molecule has 1 saturated carbocycles. The Balaban J connectivity index is 0.000000237. The minimum absolute atomic E-state index is 0.107. The van der Waals surface area contributed by atoms with Crippen molar-refractivity contribution in [2.45, 2.75) is 63.6 Å². The van der Waals surface area contributed by atoms with E-state index < -0.39 is 46.1 Å². The fourth-order valence-corrected chi connectivity index (χ4v) is 5.03. The molecule has 4 aromatic rings. The summed E-state index contributed by atoms with van der Waals surface area (Å²) in [4.78, 5) is 21.3. The highest BCUT2D eigenvalue weighted by atomic mass is 35.5. The van der Waals surface area contributed by atoms with Crippen molar-refractivity contribution in [1.29, 1.82) is 5.26 Å². The molecule has 1 fully saturated rings. The van der Waals surface area contributed by atoms with Gasteiger partial charge in [0.05, 0.1) is 30.2 Å². The third-order valence-corrected chi connectivity index (χ3v) is 7.98. The number of carbonyl (C=O) groups excluding carboxylic acids is 1. The lowest BCUT2D eigenvalue weighted by molar-refractivity contribution is -0.138. The van der Waals surface area contributed by atoms with Crippen LogP contribution in [0.25, 0.3) is 0 Å². The number of nitrogens with zero attached hydrogens (tertiary/aromatic N) is 5. The van der Waals surface area contributed by atoms with E-state index in [-0.39, 0.29) is 18.9 Å². The number of unbranched alkanes of at least 4 members (excludes halogenated alkanes) is 1. The molecule has 1 aromatic heterocycles. The number of amides is 1. The van der Waals surface area contributed by atoms with Crippen LogP contribution in [0, 0.1) is 28.9 Å². The number of aromatic nitrogens is 3. The number of hydrogen-bond donors (Lipinski definition) is 1. The lowest BCUT2D eigenvalue weighted by Crippen LogP contribution is -2.35. The minimum atomic E-state index is -4.99. The van der Waals surface area contributed by atoms with Crippen LogP contribution in [0.1, 0.15) is 61.3 Å². The van der Waals surface area contributed by atoms with E-state index in [0.717, 1.165) is 37.7 Å². The SMILES string of the molecule is CCCCC(C#N)(Cn1cncn1)c1ccc(Cl)cc1.O=C(Cc1ccccc1)NC(=NOCC1CC1)c1c(C(F)(F)F)ccc(F)c1F. The van der Waals surface area contributed by atoms with E-state index in [2.05, 4.69) is 33.5 Å². The second-order valence-electron chi connectivity index (χ2n) is 11.6. The molecule has 0 bridgehead atoms. The minimum Gasteiger partial charge on any atom is -0.394 e. The smallest absolute Gasteiger partial charge is 0.394 e. The molecule has 1 atom stereocenters. The number of nitrogens with one attached hydrogen (secondary N) is 1. The number of oxime groups is 1. The molecule has 0 saturated heterocycles. The van der Waals surface area contributed by atoms with Crippen LogP contribution in [0.4, 0.5) is 22.0 Å². The van der Waals surface area contributed by atoms with Crippen molar-refractivity contribution in [1.82, 2.24) is 20.1 Å². The number of nitriles is 1. The Kier molecular flexibility index (Phi) is 12.8. The molecule has 1 unspecified atom stereocenters. The zero-order valence-electron chi connectivity index (χ0n) is 26.6. The third kappa shape index (κ3) is 10.6. The largest absolute Gasteiger partial charge is 0.417 e. The molecule has 258 valence electrons. The first-order valence-electron chi connectivity index (χ1n) is 15.5. The molecule has 1 heterocycles. The Labute approximate surface area is 285 Å². The zero-order chi connectivity index (χ0) is 35.4. The maximum atomic E-state index is 14.4. The van der Waals surface area contributed by atoms with E-state index in [9.17, 15) is 32.0 Å². The lowest BCUT2D eigenvalue weighted by atomic mass is 9.77. The van der Waals surface area contributed by atoms with E-state index in [1.54, 1.807) is 41.3 Å². The highest BCUT2D eigenvalue weighted by Gasteiger charge is 2.38. The van der Waals surface area contributed by atoms with Crippen molar-refractivity contribution in [2.75, 3.05) is 6.61 Å². The van der Waals surface area contributed by atoms with Crippen molar-refractivity contribution in [3.63, 3.8) is 0 Å². The molecule has 0 aliphatic heterocycles. The molecule has 1 aliphatic carbocycles. The van der Waals surface area contributed by atoms with Crippen molar-refractivity contribution < 1.29 is 31.6 Å². The van der Waals surface area contributed by atoms with Crippen LogP contribution in [0.5, 0.6) is 0 Å². The topological polar surface area (TPSA) is 105 Å². The van der Waals surface area contributed by atoms with Gasteiger partial charge in [-0.1, -0.05) is 79.0 Å². The van der Waals surface area contributed by atoms with Gasteiger partial charge in [-0.05, 0) is 60.6 Å². The maximum absolute atomic E-state index is 14.4. The summed E-state index contributed by atoms with van der Waals surface area (Å²) in [5, 5.41) is 20.2. The van der Waals surface area contributed by atoms with Crippen molar-refractivity contribution in [3.8, 4) is 6.07 Å². The van der Waals surface area contributed by atoms with Gasteiger partial charge in [0.2, 0.25) is 5.91 Å². The summed E-state index contributed by atoms with van der Waals surface area (Å²) in [5.41, 5.74) is -1.69. The first-order chi connectivity index (χ1) is 23.5. The Morgan fingerprint density at radius 3 is 2.41 bits per heavy atom. The molecule has 5 rings (SSSR count). The highest BCUT2D eigenvalue weighted by Crippen LogP contribution is 2.35. The van der Waals surface area contributed by atoms with Gasteiger partial charge in [0, 0.05) is 5.02 Å². The zero-order valence-corrected chi connectivity index (χ0v) is 27.3. The molecular formula is C35H34ClF5N6O2. The average Bonchev–Trinajstić information content (AvgIpc) is 3.76. The van der Waals surface area contributed by atoms with Gasteiger partial charge in [-0.15, -0.1) is 0 Å². The monoisotopic (exact) mass is 700 g/mol. The van der Waals surface area contributed by atoms with Crippen LogP contribution < -0.4 is 5.32 Å². The summed E-state index contributed by atoms with van der Waals surface area (Å²) in [7, 11) is 0. The standard InChI is InChI=1S/C20H17F5N2O2.C15H17ClN4/c21-15-9-8-14(20(23,24)25)17(18(15)22)19(27-29-11-13-6-7-13)26-16(28)10-12-4-2-1-3-5-12;1-2-3-8-15(9-17,10-20-12-18-11-19-20)13-4-6-14(16)7-5-13/h1-5,8-9,13H,6-7,10-11H2,(H,26,27,28);4-7,11-12H,2-3,8,10H2,1H3. The molecule has 1 aliphatic rings. The van der Waals surface area contributed by atoms with Crippen molar-refractivity contribution in [3.05, 3.63) is 118 Å². The van der Waals surface area contributed by atoms with Gasteiger partial charge < -0.3 is 10.2 Å². The number of rotatable bonds is 12. The average molecular weight is 701 g/mol. The van der Waals surface area contributed by atoms with E-state index in [0.29, 0.717) is 29.3 Å². The first-order valence-corrected chi connectivity index (χ1v) is 15.9. The van der Waals surface area contributed by atoms with Crippen LogP contribution >= 0.6 is 11.6 Å². The molecule has 8 nitrogen and oxygen atoms in total. The molecule has 1 amide bonds. The summed E-state index contributed by atoms with van der Waals surface area (Å²) in [6.45, 7) is 2.74. The van der Waals surface area contributed by atoms with E-state index in [4.69, 9.17) is 16.4 Å². The Morgan fingerprint density at radius 1 is 1.10 bits per heavy atom. The van der Waals surface area contributed by atoms with Gasteiger partial charge in [-0.2, -0.15) is 23.5 Å². The Morgan fingerprint density at radius 2 is 1.82 bits per heavy atom. The number of carbonyl (C=O) groups is 1. The highest BCUT2D eigenvalue weighted by molar-refractivity contribution is 6.30. The first kappa shape index (κ1) is 37.0. The van der Waals surface area contributed by atoms with Crippen LogP contribution in [0.3, 0.4) is 0 Å². The van der Waals surface area contributed by atoms with Crippen LogP contribution in [-0.4, -0.2) is 33.1 Å². The maximum Gasteiger partial charge on any atom is 0.417 e. The quantitative estimate of drug-likeness (QED) is 0.0698. The van der Waals surface area contributed by atoms with Crippen molar-refractivity contribution in [2.24, 2.45) is 11.1 Å². The third-order valence-electron chi connectivity index (χ3n) is 7.73. The fraction of sp³-hybridized carbons (Fsp3) is 0.343. The molecule has 49 heavy (non-hydrogen) atoms. The summed E-state index contributed by atoms with van der Waals surface area (Å²) < 4.78 is 69.9. The summed E-state index contributed by atoms with van der Waals surface area (Å²) in [6, 6.07) is 19.2. The molecule has 3 aromatic carbocycles. The number of hydrogen-bond acceptors (Lipinski definition) is 6. The predicted molar refractivity (Wildman–Crippen MR) is 173 cm³/mol. The number of alkyl halides is 3. The second kappa shape index (κ2) is 17.0. The van der Waals surface area contributed by atoms with Gasteiger partial charge in [0.1, 0.15) is 24.7 Å². The Bertz CT molecular complexity index is 1740. The predicted octanol–water partition coefficient (Wildman–Crippen LogP) is 8.01. The second-order valence-corrected chi connectivity index (χ2v) is 12.0. The van der Waals surface area contributed by atoms with Crippen molar-refractivity contribution >= 4 is 23.3 Å². The molecule has 1 N–H and O–H groups in total. The van der Waals surface area contributed by atoms with Gasteiger partial charge >= 0.3 is 6.18 Å². The normalized spacial score (nSPS) is 14.2. The van der Waals surface area contributed by atoms with E-state index in [1.807, 2.05) is 24.3 Å². The summed E-state index contributed by atoms with van der Waals surface area (Å²) in [5.74, 6) is -4.63. The van der Waals surface area contributed by atoms with Gasteiger partial charge in [0.25, 0.3) is 0 Å². The van der Waals surface area contributed by atoms with Gasteiger partial charge in [-0.3, -0.25) is 9.48 Å². The lowest BCUT2D eigenvalue weighted by Gasteiger charge is -2.27. The van der Waals surface area contributed by atoms with E-state index >= 15 is 0 Å². The Hall–Kier alpha value is -4.83. The fourth-order valence-electron chi connectivity index (χ4n) is 4.91. The van der Waals surface area contributed by atoms with Crippen LogP contribution in [-0.2, 0) is 34.2 Å². The van der Waals surface area contributed by atoms with Gasteiger partial charge in [0.15, 0.2) is 17.5 Å². The number of benzene rings is 3. The molecule has 0 radical (unpaired) electrons. The van der Waals surface area contributed by atoms with Crippen LogP contribution in [0.2, 0.25) is 5.02 Å². The van der Waals surface area contributed by atoms with Crippen LogP contribution in [0.15, 0.2) is 84.5 Å². The molecule has 14 heteroatoms. The number of amidine groups is 1. The summed E-state index contributed by atoms with van der Waals surface area (Å²) in [6.07, 6.45) is 2.55. The molecular weight excluding hydrogens is 667 g/mol. The number of halogens is 6. The van der Waals surface area contributed by atoms with Gasteiger partial charge in [-0.25, -0.2) is 13.8 Å². The molecule has 0 spiro atoms. The summed E-state index contributed by atoms with van der Waals surface area (Å²) >= 11 is 5.94.